The molecule has 1 saturated heterocycles. The van der Waals surface area contributed by atoms with Crippen molar-refractivity contribution in [3.8, 4) is 0 Å². The van der Waals surface area contributed by atoms with Gasteiger partial charge in [0.2, 0.25) is 0 Å². The monoisotopic (exact) mass is 511 g/mol. The average Bonchev–Trinajstić information content (AvgIpc) is 3.20. The zero-order chi connectivity index (χ0) is 26.1. The molecule has 1 atom stereocenters. The molecule has 1 aliphatic heterocycles. The van der Waals surface area contributed by atoms with Gasteiger partial charge in [0.1, 0.15) is 6.04 Å². The summed E-state index contributed by atoms with van der Waals surface area (Å²) in [6.45, 7) is 0.400. The van der Waals surface area contributed by atoms with Crippen molar-refractivity contribution in [2.45, 2.75) is 25.4 Å². The fourth-order valence-corrected chi connectivity index (χ4v) is 4.02. The molecular weight excluding hydrogens is 486 g/mol. The molecule has 0 aromatic heterocycles. The largest absolute Gasteiger partial charge is 0.469 e. The number of thioether (sulfide) groups is 1. The maximum Gasteiger partial charge on any atom is 0.328 e. The summed E-state index contributed by atoms with van der Waals surface area (Å²) in [5, 5.41) is 7.69. The van der Waals surface area contributed by atoms with Crippen LogP contribution in [-0.2, 0) is 30.4 Å². The lowest BCUT2D eigenvalue weighted by Crippen LogP contribution is -2.41. The van der Waals surface area contributed by atoms with E-state index >= 15 is 0 Å². The van der Waals surface area contributed by atoms with E-state index in [1.807, 2.05) is 30.3 Å². The molecule has 1 aliphatic rings. The molecular formula is C25H25N3O7S. The topological polar surface area (TPSA) is 140 Å². The van der Waals surface area contributed by atoms with Crippen molar-refractivity contribution >= 4 is 52.5 Å². The number of carbonyl (C=O) groups excluding carboxylic acids is 5. The Kier molecular flexibility index (Phi) is 9.23. The number of esters is 2. The van der Waals surface area contributed by atoms with E-state index in [1.165, 1.54) is 14.2 Å². The molecule has 0 spiro atoms. The zero-order valence-electron chi connectivity index (χ0n) is 19.7. The summed E-state index contributed by atoms with van der Waals surface area (Å²) in [6, 6.07) is 13.2. The summed E-state index contributed by atoms with van der Waals surface area (Å²) in [5.74, 6) is -2.05. The molecule has 10 nitrogen and oxygen atoms in total. The van der Waals surface area contributed by atoms with Crippen molar-refractivity contribution in [2.24, 2.45) is 0 Å². The molecule has 11 heteroatoms. The van der Waals surface area contributed by atoms with Crippen LogP contribution < -0.4 is 16.0 Å². The first kappa shape index (κ1) is 26.5. The number of nitrogens with one attached hydrogen (secondary N) is 3. The normalized spacial score (nSPS) is 14.7. The molecule has 3 N–H and O–H groups in total. The second-order valence-electron chi connectivity index (χ2n) is 7.70. The quantitative estimate of drug-likeness (QED) is 0.324. The SMILES string of the molecule is COC(=O)CC[C@@H](NC(=O)c1cccc(CNc2cccc(/C=C3\SC(=O)NC3=O)c2)c1)C(=O)OC. The summed E-state index contributed by atoms with van der Waals surface area (Å²) < 4.78 is 9.31. The van der Waals surface area contributed by atoms with Gasteiger partial charge in [-0.05, 0) is 59.7 Å². The zero-order valence-corrected chi connectivity index (χ0v) is 20.5. The molecule has 2 aromatic carbocycles. The van der Waals surface area contributed by atoms with Crippen LogP contribution in [0.4, 0.5) is 10.5 Å². The smallest absolute Gasteiger partial charge is 0.328 e. The summed E-state index contributed by atoms with van der Waals surface area (Å²) in [6.07, 6.45) is 1.64. The van der Waals surface area contributed by atoms with E-state index in [9.17, 15) is 24.0 Å². The Balaban J connectivity index is 1.63. The molecule has 0 saturated carbocycles. The van der Waals surface area contributed by atoms with Gasteiger partial charge in [0, 0.05) is 24.2 Å². The summed E-state index contributed by atoms with van der Waals surface area (Å²) in [4.78, 5) is 59.6. The highest BCUT2D eigenvalue weighted by molar-refractivity contribution is 8.18. The van der Waals surface area contributed by atoms with Crippen LogP contribution in [0.5, 0.6) is 0 Å². The van der Waals surface area contributed by atoms with Crippen LogP contribution in [0.1, 0.15) is 34.3 Å². The van der Waals surface area contributed by atoms with Gasteiger partial charge in [-0.25, -0.2) is 4.79 Å². The summed E-state index contributed by atoms with van der Waals surface area (Å²) >= 11 is 0.853. The third kappa shape index (κ3) is 7.44. The van der Waals surface area contributed by atoms with E-state index in [0.717, 1.165) is 28.6 Å². The Morgan fingerprint density at radius 2 is 1.83 bits per heavy atom. The predicted octanol–water partition coefficient (Wildman–Crippen LogP) is 2.85. The van der Waals surface area contributed by atoms with E-state index < -0.39 is 35.0 Å². The highest BCUT2D eigenvalue weighted by Crippen LogP contribution is 2.26. The lowest BCUT2D eigenvalue weighted by molar-refractivity contribution is -0.144. The number of imide groups is 1. The second-order valence-corrected chi connectivity index (χ2v) is 8.71. The highest BCUT2D eigenvalue weighted by atomic mass is 32.2. The second kappa shape index (κ2) is 12.5. The Hall–Kier alpha value is -4.12. The lowest BCUT2D eigenvalue weighted by atomic mass is 10.1. The van der Waals surface area contributed by atoms with Crippen LogP contribution in [0.25, 0.3) is 6.08 Å². The third-order valence-corrected chi connectivity index (χ3v) is 5.98. The minimum Gasteiger partial charge on any atom is -0.469 e. The van der Waals surface area contributed by atoms with Gasteiger partial charge in [-0.1, -0.05) is 24.3 Å². The number of methoxy groups -OCH3 is 2. The van der Waals surface area contributed by atoms with Gasteiger partial charge in [-0.2, -0.15) is 0 Å². The minimum atomic E-state index is -0.990. The van der Waals surface area contributed by atoms with Crippen LogP contribution in [0.2, 0.25) is 0 Å². The summed E-state index contributed by atoms with van der Waals surface area (Å²) in [7, 11) is 2.45. The van der Waals surface area contributed by atoms with Crippen molar-refractivity contribution in [1.29, 1.82) is 0 Å². The first-order valence-electron chi connectivity index (χ1n) is 10.9. The van der Waals surface area contributed by atoms with Crippen LogP contribution >= 0.6 is 11.8 Å². The molecule has 3 rings (SSSR count). The molecule has 1 fully saturated rings. The minimum absolute atomic E-state index is 0.0457. The Labute approximate surface area is 211 Å². The molecule has 0 radical (unpaired) electrons. The molecule has 1 heterocycles. The highest BCUT2D eigenvalue weighted by Gasteiger charge is 2.25. The van der Waals surface area contributed by atoms with Gasteiger partial charge in [0.15, 0.2) is 0 Å². The third-order valence-electron chi connectivity index (χ3n) is 5.17. The Morgan fingerprint density at radius 3 is 2.53 bits per heavy atom. The van der Waals surface area contributed by atoms with E-state index in [0.29, 0.717) is 17.0 Å². The van der Waals surface area contributed by atoms with Crippen molar-refractivity contribution in [2.75, 3.05) is 19.5 Å². The number of rotatable bonds is 10. The number of ether oxygens (including phenoxy) is 2. The van der Waals surface area contributed by atoms with Crippen molar-refractivity contribution in [1.82, 2.24) is 10.6 Å². The van der Waals surface area contributed by atoms with Crippen molar-refractivity contribution in [3.05, 3.63) is 70.1 Å². The van der Waals surface area contributed by atoms with Gasteiger partial charge in [0.25, 0.3) is 17.1 Å². The van der Waals surface area contributed by atoms with Crippen LogP contribution in [0.3, 0.4) is 0 Å². The number of amides is 3. The maximum absolute atomic E-state index is 12.8. The number of anilines is 1. The predicted molar refractivity (Wildman–Crippen MR) is 134 cm³/mol. The maximum atomic E-state index is 12.8. The van der Waals surface area contributed by atoms with Crippen LogP contribution in [-0.4, -0.2) is 49.3 Å². The first-order valence-corrected chi connectivity index (χ1v) is 11.7. The summed E-state index contributed by atoms with van der Waals surface area (Å²) in [5.41, 5.74) is 2.68. The van der Waals surface area contributed by atoms with E-state index in [2.05, 4.69) is 20.7 Å². The molecule has 0 aliphatic carbocycles. The number of carbonyl (C=O) groups is 5. The number of hydrogen-bond donors (Lipinski definition) is 3. The van der Waals surface area contributed by atoms with Gasteiger partial charge >= 0.3 is 11.9 Å². The van der Waals surface area contributed by atoms with Crippen molar-refractivity contribution < 1.29 is 33.4 Å². The van der Waals surface area contributed by atoms with Gasteiger partial charge < -0.3 is 20.1 Å². The van der Waals surface area contributed by atoms with E-state index in [4.69, 9.17) is 4.74 Å². The fraction of sp³-hybridized carbons (Fsp3) is 0.240. The first-order chi connectivity index (χ1) is 17.3. The molecule has 3 amide bonds. The van der Waals surface area contributed by atoms with E-state index in [1.54, 1.807) is 24.3 Å². The van der Waals surface area contributed by atoms with Gasteiger partial charge in [-0.3, -0.25) is 24.5 Å². The number of benzene rings is 2. The van der Waals surface area contributed by atoms with Gasteiger partial charge in [-0.15, -0.1) is 0 Å². The Morgan fingerprint density at radius 1 is 1.06 bits per heavy atom. The average molecular weight is 512 g/mol. The lowest BCUT2D eigenvalue weighted by Gasteiger charge is -2.16. The Bertz CT molecular complexity index is 1210. The van der Waals surface area contributed by atoms with Gasteiger partial charge in [0.05, 0.1) is 19.1 Å². The number of hydrogen-bond acceptors (Lipinski definition) is 9. The van der Waals surface area contributed by atoms with Crippen LogP contribution in [0.15, 0.2) is 53.4 Å². The fourth-order valence-electron chi connectivity index (χ4n) is 3.33. The molecule has 188 valence electrons. The molecule has 36 heavy (non-hydrogen) atoms. The van der Waals surface area contributed by atoms with Crippen LogP contribution in [0, 0.1) is 0 Å². The molecule has 0 bridgehead atoms. The van der Waals surface area contributed by atoms with E-state index in [-0.39, 0.29) is 12.8 Å². The standard InChI is InChI=1S/C25H25N3O7S/c1-34-21(29)10-9-19(24(32)35-2)27-22(30)17-7-3-6-16(11-17)14-26-18-8-4-5-15(12-18)13-20-23(31)28-25(33)36-20/h3-8,11-13,19,26H,9-10,14H2,1-2H3,(H,27,30)(H,28,31,33)/b20-13-/t19-/m1/s1. The molecule has 2 aromatic rings. The van der Waals surface area contributed by atoms with Crippen molar-refractivity contribution in [3.63, 3.8) is 0 Å². The molecule has 0 unspecified atom stereocenters.